The summed E-state index contributed by atoms with van der Waals surface area (Å²) < 4.78 is 7.75. The molecule has 2 heterocycles. The Hall–Kier alpha value is -3.12. The van der Waals surface area contributed by atoms with Gasteiger partial charge in [-0.1, -0.05) is 18.2 Å². The van der Waals surface area contributed by atoms with Gasteiger partial charge in [0.15, 0.2) is 0 Å². The van der Waals surface area contributed by atoms with Gasteiger partial charge in [-0.3, -0.25) is 14.4 Å². The van der Waals surface area contributed by atoms with E-state index in [1.165, 1.54) is 5.56 Å². The van der Waals surface area contributed by atoms with Crippen LogP contribution in [-0.4, -0.2) is 39.7 Å². The maximum atomic E-state index is 11.3. The van der Waals surface area contributed by atoms with Crippen molar-refractivity contribution in [3.8, 4) is 22.8 Å². The molecule has 0 bridgehead atoms. The maximum absolute atomic E-state index is 11.3. The van der Waals surface area contributed by atoms with E-state index in [0.717, 1.165) is 48.8 Å². The van der Waals surface area contributed by atoms with Gasteiger partial charge in [0, 0.05) is 57.0 Å². The SMILES string of the molecule is CC(=O)N[C@H]1CCN(Cc2cn(C)nc2-c2ccc(Oc3ccccc3)cc2)C1. The normalized spacial score (nSPS) is 16.7. The van der Waals surface area contributed by atoms with Crippen LogP contribution >= 0.6 is 0 Å². The monoisotopic (exact) mass is 390 g/mol. The number of aromatic nitrogens is 2. The van der Waals surface area contributed by atoms with Crippen molar-refractivity contribution >= 4 is 5.91 Å². The third-order valence-electron chi connectivity index (χ3n) is 5.08. The van der Waals surface area contributed by atoms with Crippen molar-refractivity contribution in [2.45, 2.75) is 25.9 Å². The Morgan fingerprint density at radius 1 is 1.14 bits per heavy atom. The largest absolute Gasteiger partial charge is 0.457 e. The number of hydrogen-bond donors (Lipinski definition) is 1. The van der Waals surface area contributed by atoms with Gasteiger partial charge in [0.05, 0.1) is 5.69 Å². The molecule has 0 radical (unpaired) electrons. The molecule has 1 atom stereocenters. The van der Waals surface area contributed by atoms with Crippen molar-refractivity contribution in [1.82, 2.24) is 20.0 Å². The second-order valence-corrected chi connectivity index (χ2v) is 7.54. The Balaban J connectivity index is 1.46. The number of benzene rings is 2. The number of nitrogens with zero attached hydrogens (tertiary/aromatic N) is 3. The van der Waals surface area contributed by atoms with Crippen LogP contribution in [0.3, 0.4) is 0 Å². The van der Waals surface area contributed by atoms with Gasteiger partial charge in [0.25, 0.3) is 0 Å². The smallest absolute Gasteiger partial charge is 0.217 e. The first kappa shape index (κ1) is 19.2. The zero-order chi connectivity index (χ0) is 20.2. The van der Waals surface area contributed by atoms with E-state index in [0.29, 0.717) is 0 Å². The molecular formula is C23H26N4O2. The van der Waals surface area contributed by atoms with Crippen LogP contribution in [0.1, 0.15) is 18.9 Å². The van der Waals surface area contributed by atoms with Gasteiger partial charge in [0.2, 0.25) is 5.91 Å². The van der Waals surface area contributed by atoms with Gasteiger partial charge in [0.1, 0.15) is 11.5 Å². The van der Waals surface area contributed by atoms with Crippen molar-refractivity contribution in [2.75, 3.05) is 13.1 Å². The van der Waals surface area contributed by atoms with E-state index >= 15 is 0 Å². The van der Waals surface area contributed by atoms with Gasteiger partial charge in [-0.05, 0) is 42.8 Å². The Morgan fingerprint density at radius 2 is 1.86 bits per heavy atom. The molecule has 3 aromatic rings. The number of amides is 1. The molecular weight excluding hydrogens is 364 g/mol. The van der Waals surface area contributed by atoms with Gasteiger partial charge >= 0.3 is 0 Å². The Labute approximate surface area is 171 Å². The predicted octanol–water partition coefficient (Wildman–Crippen LogP) is 3.59. The van der Waals surface area contributed by atoms with Crippen LogP contribution in [0.4, 0.5) is 0 Å². The van der Waals surface area contributed by atoms with Crippen molar-refractivity contribution in [1.29, 1.82) is 0 Å². The van der Waals surface area contributed by atoms with Gasteiger partial charge in [-0.15, -0.1) is 0 Å². The van der Waals surface area contributed by atoms with E-state index < -0.39 is 0 Å². The molecule has 1 aliphatic rings. The van der Waals surface area contributed by atoms with E-state index in [2.05, 4.69) is 21.5 Å². The average molecular weight is 390 g/mol. The first-order valence-corrected chi connectivity index (χ1v) is 9.92. The fourth-order valence-corrected chi connectivity index (χ4v) is 3.82. The maximum Gasteiger partial charge on any atom is 0.217 e. The molecule has 0 unspecified atom stereocenters. The fraction of sp³-hybridized carbons (Fsp3) is 0.304. The number of nitrogens with one attached hydrogen (secondary N) is 1. The van der Waals surface area contributed by atoms with Crippen molar-refractivity contribution in [3.05, 3.63) is 66.4 Å². The number of carbonyl (C=O) groups is 1. The number of aryl methyl sites for hydroxylation is 1. The molecule has 4 rings (SSSR count). The topological polar surface area (TPSA) is 59.4 Å². The highest BCUT2D eigenvalue weighted by Crippen LogP contribution is 2.28. The molecule has 2 aromatic carbocycles. The molecule has 1 N–H and O–H groups in total. The van der Waals surface area contributed by atoms with E-state index in [1.54, 1.807) is 6.92 Å². The van der Waals surface area contributed by atoms with Crippen molar-refractivity contribution in [3.63, 3.8) is 0 Å². The van der Waals surface area contributed by atoms with Crippen LogP contribution in [0.25, 0.3) is 11.3 Å². The molecule has 1 saturated heterocycles. The number of carbonyl (C=O) groups excluding carboxylic acids is 1. The summed E-state index contributed by atoms with van der Waals surface area (Å²) in [6.07, 6.45) is 3.07. The minimum absolute atomic E-state index is 0.0386. The number of likely N-dealkylation sites (tertiary alicyclic amines) is 1. The van der Waals surface area contributed by atoms with Gasteiger partial charge < -0.3 is 10.1 Å². The van der Waals surface area contributed by atoms with E-state index in [-0.39, 0.29) is 11.9 Å². The quantitative estimate of drug-likeness (QED) is 0.699. The minimum Gasteiger partial charge on any atom is -0.457 e. The number of hydrogen-bond acceptors (Lipinski definition) is 4. The van der Waals surface area contributed by atoms with E-state index in [1.807, 2.05) is 66.3 Å². The van der Waals surface area contributed by atoms with Crippen LogP contribution in [0.5, 0.6) is 11.5 Å². The molecule has 1 aromatic heterocycles. The summed E-state index contributed by atoms with van der Waals surface area (Å²) in [4.78, 5) is 13.7. The average Bonchev–Trinajstić information content (AvgIpc) is 3.29. The first-order valence-electron chi connectivity index (χ1n) is 9.92. The van der Waals surface area contributed by atoms with E-state index in [9.17, 15) is 4.79 Å². The molecule has 150 valence electrons. The zero-order valence-electron chi connectivity index (χ0n) is 16.8. The lowest BCUT2D eigenvalue weighted by molar-refractivity contribution is -0.119. The summed E-state index contributed by atoms with van der Waals surface area (Å²) in [5.41, 5.74) is 3.24. The zero-order valence-corrected chi connectivity index (χ0v) is 16.8. The first-order chi connectivity index (χ1) is 14.1. The van der Waals surface area contributed by atoms with Gasteiger partial charge in [-0.25, -0.2) is 0 Å². The predicted molar refractivity (Wildman–Crippen MR) is 113 cm³/mol. The minimum atomic E-state index is 0.0386. The molecule has 0 spiro atoms. The number of ether oxygens (including phenoxy) is 1. The summed E-state index contributed by atoms with van der Waals surface area (Å²) in [5.74, 6) is 1.66. The van der Waals surface area contributed by atoms with Crippen LogP contribution < -0.4 is 10.1 Å². The molecule has 1 aliphatic heterocycles. The Kier molecular flexibility index (Phi) is 5.62. The van der Waals surface area contributed by atoms with Crippen LogP contribution in [-0.2, 0) is 18.4 Å². The standard InChI is InChI=1S/C23H26N4O2/c1-17(28)24-20-12-13-27(16-20)15-19-14-26(2)25-23(19)18-8-10-22(11-9-18)29-21-6-4-3-5-7-21/h3-11,14,20H,12-13,15-16H2,1-2H3,(H,24,28)/t20-/m0/s1. The molecule has 0 saturated carbocycles. The molecule has 29 heavy (non-hydrogen) atoms. The van der Waals surface area contributed by atoms with Crippen LogP contribution in [0.2, 0.25) is 0 Å². The highest BCUT2D eigenvalue weighted by atomic mass is 16.5. The van der Waals surface area contributed by atoms with Crippen molar-refractivity contribution < 1.29 is 9.53 Å². The van der Waals surface area contributed by atoms with Crippen LogP contribution in [0, 0.1) is 0 Å². The Morgan fingerprint density at radius 3 is 2.59 bits per heavy atom. The third-order valence-corrected chi connectivity index (χ3v) is 5.08. The lowest BCUT2D eigenvalue weighted by atomic mass is 10.1. The summed E-state index contributed by atoms with van der Waals surface area (Å²) in [7, 11) is 1.95. The van der Waals surface area contributed by atoms with E-state index in [4.69, 9.17) is 4.74 Å². The lowest BCUT2D eigenvalue weighted by Crippen LogP contribution is -2.35. The molecule has 6 heteroatoms. The Bertz CT molecular complexity index is 966. The lowest BCUT2D eigenvalue weighted by Gasteiger charge is -2.16. The fourth-order valence-electron chi connectivity index (χ4n) is 3.82. The van der Waals surface area contributed by atoms with Crippen LogP contribution in [0.15, 0.2) is 60.8 Å². The highest BCUT2D eigenvalue weighted by Gasteiger charge is 2.24. The molecule has 1 amide bonds. The third kappa shape index (κ3) is 4.84. The number of para-hydroxylation sites is 1. The number of rotatable bonds is 6. The summed E-state index contributed by atoms with van der Waals surface area (Å²) >= 11 is 0. The second-order valence-electron chi connectivity index (χ2n) is 7.54. The van der Waals surface area contributed by atoms with Crippen molar-refractivity contribution in [2.24, 2.45) is 7.05 Å². The summed E-state index contributed by atoms with van der Waals surface area (Å²) in [6, 6.07) is 18.1. The molecule has 0 aliphatic carbocycles. The highest BCUT2D eigenvalue weighted by molar-refractivity contribution is 5.73. The molecule has 6 nitrogen and oxygen atoms in total. The second kappa shape index (κ2) is 8.49. The summed E-state index contributed by atoms with van der Waals surface area (Å²) in [6.45, 7) is 4.25. The molecule has 1 fully saturated rings. The van der Waals surface area contributed by atoms with Gasteiger partial charge in [-0.2, -0.15) is 5.10 Å². The summed E-state index contributed by atoms with van der Waals surface area (Å²) in [5, 5.41) is 7.70.